The largest absolute Gasteiger partial charge is 0.462 e. The van der Waals surface area contributed by atoms with Crippen molar-refractivity contribution in [3.63, 3.8) is 0 Å². The molecule has 0 unspecified atom stereocenters. The van der Waals surface area contributed by atoms with Gasteiger partial charge in [-0.2, -0.15) is 0 Å². The first kappa shape index (κ1) is 22.9. The van der Waals surface area contributed by atoms with Crippen LogP contribution in [0, 0.1) is 11.7 Å². The third kappa shape index (κ3) is 5.90. The van der Waals surface area contributed by atoms with E-state index in [2.05, 4.69) is 5.32 Å². The Morgan fingerprint density at radius 2 is 1.75 bits per heavy atom. The first-order chi connectivity index (χ1) is 15.4. The number of ether oxygens (including phenoxy) is 2. The smallest absolute Gasteiger partial charge is 0.338 e. The van der Waals surface area contributed by atoms with Gasteiger partial charge < -0.3 is 19.7 Å². The van der Waals surface area contributed by atoms with Gasteiger partial charge in [0.25, 0.3) is 5.91 Å². The Morgan fingerprint density at radius 1 is 1.06 bits per heavy atom. The summed E-state index contributed by atoms with van der Waals surface area (Å²) in [5.41, 5.74) is 1.28. The SMILES string of the molecule is CCCOC(=O)c1ccc(NC(=O)COC(=O)[C@H]2CC(=O)N(c3ccc(F)cc3)C2)cc1. The molecule has 3 rings (SSSR count). The fourth-order valence-corrected chi connectivity index (χ4v) is 3.16. The number of carbonyl (C=O) groups is 4. The predicted molar refractivity (Wildman–Crippen MR) is 113 cm³/mol. The summed E-state index contributed by atoms with van der Waals surface area (Å²) in [7, 11) is 0. The Labute approximate surface area is 184 Å². The maximum absolute atomic E-state index is 13.1. The first-order valence-electron chi connectivity index (χ1n) is 10.2. The molecule has 1 N–H and O–H groups in total. The Hall–Kier alpha value is -3.75. The Morgan fingerprint density at radius 3 is 2.41 bits per heavy atom. The monoisotopic (exact) mass is 442 g/mol. The zero-order valence-corrected chi connectivity index (χ0v) is 17.5. The number of benzene rings is 2. The van der Waals surface area contributed by atoms with Crippen LogP contribution in [-0.2, 0) is 23.9 Å². The minimum Gasteiger partial charge on any atom is -0.462 e. The molecule has 1 saturated heterocycles. The van der Waals surface area contributed by atoms with Crippen LogP contribution in [0.1, 0.15) is 30.1 Å². The molecule has 2 aromatic rings. The summed E-state index contributed by atoms with van der Waals surface area (Å²) in [6.45, 7) is 1.81. The predicted octanol–water partition coefficient (Wildman–Crippen LogP) is 2.93. The summed E-state index contributed by atoms with van der Waals surface area (Å²) < 4.78 is 23.2. The summed E-state index contributed by atoms with van der Waals surface area (Å²) in [6, 6.07) is 11.5. The summed E-state index contributed by atoms with van der Waals surface area (Å²) in [6.07, 6.45) is 0.672. The second-order valence-corrected chi connectivity index (χ2v) is 7.25. The van der Waals surface area contributed by atoms with E-state index >= 15 is 0 Å². The normalized spacial score (nSPS) is 15.4. The van der Waals surface area contributed by atoms with E-state index in [0.29, 0.717) is 23.5 Å². The fraction of sp³-hybridized carbons (Fsp3) is 0.304. The third-order valence-electron chi connectivity index (χ3n) is 4.78. The van der Waals surface area contributed by atoms with Crippen molar-refractivity contribution in [2.24, 2.45) is 5.92 Å². The van der Waals surface area contributed by atoms with E-state index in [0.717, 1.165) is 6.42 Å². The van der Waals surface area contributed by atoms with E-state index in [9.17, 15) is 23.6 Å². The van der Waals surface area contributed by atoms with Crippen molar-refractivity contribution in [2.45, 2.75) is 19.8 Å². The molecule has 0 saturated carbocycles. The van der Waals surface area contributed by atoms with Crippen molar-refractivity contribution in [3.05, 3.63) is 59.9 Å². The van der Waals surface area contributed by atoms with Gasteiger partial charge in [0.1, 0.15) is 5.82 Å². The summed E-state index contributed by atoms with van der Waals surface area (Å²) in [5.74, 6) is -3.08. The molecular formula is C23H23FN2O6. The maximum Gasteiger partial charge on any atom is 0.338 e. The number of amides is 2. The minimum atomic E-state index is -0.714. The van der Waals surface area contributed by atoms with Crippen LogP contribution in [-0.4, -0.2) is 43.5 Å². The van der Waals surface area contributed by atoms with Crippen molar-refractivity contribution < 1.29 is 33.0 Å². The van der Waals surface area contributed by atoms with Crippen molar-refractivity contribution in [1.29, 1.82) is 0 Å². The summed E-state index contributed by atoms with van der Waals surface area (Å²) in [4.78, 5) is 49.7. The van der Waals surface area contributed by atoms with Gasteiger partial charge in [-0.05, 0) is 55.0 Å². The van der Waals surface area contributed by atoms with Gasteiger partial charge in [0.05, 0.1) is 18.1 Å². The highest BCUT2D eigenvalue weighted by Crippen LogP contribution is 2.26. The molecule has 9 heteroatoms. The van der Waals surface area contributed by atoms with Gasteiger partial charge in [0, 0.05) is 24.3 Å². The zero-order chi connectivity index (χ0) is 23.1. The van der Waals surface area contributed by atoms with Gasteiger partial charge in [-0.1, -0.05) is 6.92 Å². The quantitative estimate of drug-likeness (QED) is 0.631. The van der Waals surface area contributed by atoms with E-state index in [1.165, 1.54) is 41.3 Å². The number of anilines is 2. The van der Waals surface area contributed by atoms with E-state index in [4.69, 9.17) is 9.47 Å². The maximum atomic E-state index is 13.1. The van der Waals surface area contributed by atoms with Crippen LogP contribution in [0.4, 0.5) is 15.8 Å². The molecule has 1 atom stereocenters. The number of carbonyl (C=O) groups excluding carboxylic acids is 4. The minimum absolute atomic E-state index is 0.0482. The molecule has 1 heterocycles. The van der Waals surface area contributed by atoms with Crippen LogP contribution >= 0.6 is 0 Å². The van der Waals surface area contributed by atoms with Gasteiger partial charge in [0.15, 0.2) is 6.61 Å². The van der Waals surface area contributed by atoms with Gasteiger partial charge in [-0.25, -0.2) is 9.18 Å². The van der Waals surface area contributed by atoms with Gasteiger partial charge in [0.2, 0.25) is 5.91 Å². The second kappa shape index (κ2) is 10.5. The van der Waals surface area contributed by atoms with Gasteiger partial charge >= 0.3 is 11.9 Å². The lowest BCUT2D eigenvalue weighted by molar-refractivity contribution is -0.151. The van der Waals surface area contributed by atoms with Gasteiger partial charge in [-0.3, -0.25) is 14.4 Å². The Kier molecular flexibility index (Phi) is 7.54. The average molecular weight is 442 g/mol. The van der Waals surface area contributed by atoms with E-state index in [1.807, 2.05) is 6.92 Å². The number of nitrogens with one attached hydrogen (secondary N) is 1. The third-order valence-corrected chi connectivity index (χ3v) is 4.78. The number of nitrogens with zero attached hydrogens (tertiary/aromatic N) is 1. The standard InChI is InChI=1S/C23H23FN2O6/c1-2-11-31-22(29)15-3-7-18(8-4-15)25-20(27)14-32-23(30)16-12-21(28)26(13-16)19-9-5-17(24)6-10-19/h3-10,16H,2,11-14H2,1H3,(H,25,27)/t16-/m0/s1. The van der Waals surface area contributed by atoms with E-state index < -0.39 is 36.2 Å². The molecule has 1 aliphatic heterocycles. The molecule has 0 bridgehead atoms. The Bertz CT molecular complexity index is 991. The van der Waals surface area contributed by atoms with Crippen LogP contribution in [0.2, 0.25) is 0 Å². The molecule has 1 aliphatic rings. The molecule has 0 aromatic heterocycles. The lowest BCUT2D eigenvalue weighted by Gasteiger charge is -2.16. The van der Waals surface area contributed by atoms with Crippen molar-refractivity contribution >= 4 is 35.1 Å². The topological polar surface area (TPSA) is 102 Å². The molecule has 0 spiro atoms. The molecule has 32 heavy (non-hydrogen) atoms. The molecule has 1 fully saturated rings. The molecule has 168 valence electrons. The molecule has 0 aliphatic carbocycles. The van der Waals surface area contributed by atoms with Crippen LogP contribution < -0.4 is 10.2 Å². The summed E-state index contributed by atoms with van der Waals surface area (Å²) in [5, 5.41) is 2.56. The van der Waals surface area contributed by atoms with E-state index in [1.54, 1.807) is 12.1 Å². The number of halogens is 1. The number of rotatable bonds is 8. The highest BCUT2D eigenvalue weighted by Gasteiger charge is 2.36. The van der Waals surface area contributed by atoms with Crippen LogP contribution in [0.3, 0.4) is 0 Å². The summed E-state index contributed by atoms with van der Waals surface area (Å²) >= 11 is 0. The van der Waals surface area contributed by atoms with Crippen molar-refractivity contribution in [2.75, 3.05) is 30.0 Å². The molecule has 0 radical (unpaired) electrons. The molecule has 8 nitrogen and oxygen atoms in total. The van der Waals surface area contributed by atoms with Crippen LogP contribution in [0.15, 0.2) is 48.5 Å². The van der Waals surface area contributed by atoms with E-state index in [-0.39, 0.29) is 18.9 Å². The molecule has 2 amide bonds. The van der Waals surface area contributed by atoms with Crippen LogP contribution in [0.25, 0.3) is 0 Å². The molecule has 2 aromatic carbocycles. The zero-order valence-electron chi connectivity index (χ0n) is 17.5. The number of hydrogen-bond donors (Lipinski definition) is 1. The highest BCUT2D eigenvalue weighted by molar-refractivity contribution is 6.00. The fourth-order valence-electron chi connectivity index (χ4n) is 3.16. The van der Waals surface area contributed by atoms with Gasteiger partial charge in [-0.15, -0.1) is 0 Å². The second-order valence-electron chi connectivity index (χ2n) is 7.25. The Balaban J connectivity index is 1.46. The van der Waals surface area contributed by atoms with Crippen LogP contribution in [0.5, 0.6) is 0 Å². The number of hydrogen-bond acceptors (Lipinski definition) is 6. The number of esters is 2. The lowest BCUT2D eigenvalue weighted by Crippen LogP contribution is -2.28. The highest BCUT2D eigenvalue weighted by atomic mass is 19.1. The average Bonchev–Trinajstić information content (AvgIpc) is 3.18. The molecular weight excluding hydrogens is 419 g/mol. The van der Waals surface area contributed by atoms with Crippen molar-refractivity contribution in [3.8, 4) is 0 Å². The first-order valence-corrected chi connectivity index (χ1v) is 10.2. The lowest BCUT2D eigenvalue weighted by atomic mass is 10.1. The van der Waals surface area contributed by atoms with Crippen molar-refractivity contribution in [1.82, 2.24) is 0 Å².